The molecule has 0 bridgehead atoms. The topological polar surface area (TPSA) is 56.4 Å². The van der Waals surface area contributed by atoms with Crippen molar-refractivity contribution in [1.29, 1.82) is 0 Å². The van der Waals surface area contributed by atoms with E-state index in [9.17, 15) is 0 Å². The summed E-state index contributed by atoms with van der Waals surface area (Å²) in [7, 11) is 1.66. The first-order valence-electron chi connectivity index (χ1n) is 8.69. The second-order valence-electron chi connectivity index (χ2n) is 5.77. The monoisotopic (exact) mass is 340 g/mol. The SMILES string of the molecule is CCCCOc1ccc(-c2nc3ccc(OC)cc3[nH]2)cc1OCC. The molecule has 0 spiro atoms. The van der Waals surface area contributed by atoms with Crippen LogP contribution >= 0.6 is 0 Å². The highest BCUT2D eigenvalue weighted by Crippen LogP contribution is 2.33. The van der Waals surface area contributed by atoms with E-state index in [0.29, 0.717) is 13.2 Å². The summed E-state index contributed by atoms with van der Waals surface area (Å²) in [5.41, 5.74) is 2.80. The number of H-pyrrole nitrogens is 1. The Balaban J connectivity index is 1.92. The van der Waals surface area contributed by atoms with Crippen LogP contribution < -0.4 is 14.2 Å². The molecule has 132 valence electrons. The number of benzene rings is 2. The van der Waals surface area contributed by atoms with Crippen LogP contribution in [0.2, 0.25) is 0 Å². The molecular weight excluding hydrogens is 316 g/mol. The molecular formula is C20H24N2O3. The Bertz CT molecular complexity index is 842. The molecule has 0 aliphatic carbocycles. The van der Waals surface area contributed by atoms with E-state index in [-0.39, 0.29) is 0 Å². The average Bonchev–Trinajstić information content (AvgIpc) is 3.06. The van der Waals surface area contributed by atoms with Crippen LogP contribution in [0.1, 0.15) is 26.7 Å². The normalized spacial score (nSPS) is 10.8. The van der Waals surface area contributed by atoms with Gasteiger partial charge in [-0.2, -0.15) is 0 Å². The van der Waals surface area contributed by atoms with Crippen LogP contribution in [0.5, 0.6) is 17.2 Å². The van der Waals surface area contributed by atoms with Crippen molar-refractivity contribution in [2.75, 3.05) is 20.3 Å². The predicted molar refractivity (Wildman–Crippen MR) is 99.7 cm³/mol. The van der Waals surface area contributed by atoms with Gasteiger partial charge in [0.2, 0.25) is 0 Å². The Morgan fingerprint density at radius 1 is 1.00 bits per heavy atom. The summed E-state index contributed by atoms with van der Waals surface area (Å²) >= 11 is 0. The third-order valence-electron chi connectivity index (χ3n) is 3.96. The Kier molecular flexibility index (Phi) is 5.43. The van der Waals surface area contributed by atoms with Crippen molar-refractivity contribution >= 4 is 11.0 Å². The first kappa shape index (κ1) is 17.1. The van der Waals surface area contributed by atoms with Crippen molar-refractivity contribution in [3.63, 3.8) is 0 Å². The lowest BCUT2D eigenvalue weighted by atomic mass is 10.2. The van der Waals surface area contributed by atoms with Gasteiger partial charge < -0.3 is 19.2 Å². The van der Waals surface area contributed by atoms with Crippen LogP contribution in [0.4, 0.5) is 0 Å². The Labute approximate surface area is 147 Å². The van der Waals surface area contributed by atoms with Gasteiger partial charge in [0.25, 0.3) is 0 Å². The van der Waals surface area contributed by atoms with Crippen LogP contribution in [0.25, 0.3) is 22.4 Å². The number of hydrogen-bond acceptors (Lipinski definition) is 4. The molecule has 0 unspecified atom stereocenters. The molecule has 0 fully saturated rings. The van der Waals surface area contributed by atoms with Gasteiger partial charge in [-0.1, -0.05) is 13.3 Å². The van der Waals surface area contributed by atoms with E-state index in [0.717, 1.165) is 52.5 Å². The molecule has 0 saturated carbocycles. The van der Waals surface area contributed by atoms with E-state index in [1.54, 1.807) is 7.11 Å². The maximum atomic E-state index is 5.84. The number of ether oxygens (including phenoxy) is 3. The zero-order valence-corrected chi connectivity index (χ0v) is 15.0. The molecule has 1 heterocycles. The van der Waals surface area contributed by atoms with E-state index >= 15 is 0 Å². The fourth-order valence-electron chi connectivity index (χ4n) is 2.62. The lowest BCUT2D eigenvalue weighted by molar-refractivity contribution is 0.273. The van der Waals surface area contributed by atoms with Gasteiger partial charge in [-0.05, 0) is 43.7 Å². The molecule has 0 saturated heterocycles. The lowest BCUT2D eigenvalue weighted by Gasteiger charge is -2.12. The molecule has 5 heteroatoms. The van der Waals surface area contributed by atoms with Gasteiger partial charge in [0.1, 0.15) is 11.6 Å². The zero-order valence-electron chi connectivity index (χ0n) is 15.0. The molecule has 0 atom stereocenters. The van der Waals surface area contributed by atoms with Crippen molar-refractivity contribution in [3.05, 3.63) is 36.4 Å². The second-order valence-corrected chi connectivity index (χ2v) is 5.77. The lowest BCUT2D eigenvalue weighted by Crippen LogP contribution is -2.01. The Morgan fingerprint density at radius 3 is 2.64 bits per heavy atom. The van der Waals surface area contributed by atoms with E-state index in [4.69, 9.17) is 14.2 Å². The van der Waals surface area contributed by atoms with Crippen molar-refractivity contribution in [2.45, 2.75) is 26.7 Å². The molecule has 5 nitrogen and oxygen atoms in total. The zero-order chi connectivity index (χ0) is 17.6. The smallest absolute Gasteiger partial charge is 0.161 e. The number of unbranched alkanes of at least 4 members (excludes halogenated alkanes) is 1. The number of fused-ring (bicyclic) bond motifs is 1. The molecule has 0 amide bonds. The summed E-state index contributed by atoms with van der Waals surface area (Å²) in [6.45, 7) is 5.40. The maximum Gasteiger partial charge on any atom is 0.161 e. The van der Waals surface area contributed by atoms with E-state index in [2.05, 4.69) is 16.9 Å². The quantitative estimate of drug-likeness (QED) is 0.598. The number of methoxy groups -OCH3 is 1. The summed E-state index contributed by atoms with van der Waals surface area (Å²) in [6, 6.07) is 11.7. The standard InChI is InChI=1S/C20H24N2O3/c1-4-6-11-25-18-10-7-14(12-19(18)24-5-2)20-21-16-9-8-15(23-3)13-17(16)22-20/h7-10,12-13H,4-6,11H2,1-3H3,(H,21,22). The van der Waals surface area contributed by atoms with Gasteiger partial charge in [-0.25, -0.2) is 4.98 Å². The largest absolute Gasteiger partial charge is 0.497 e. The molecule has 0 aliphatic rings. The van der Waals surface area contributed by atoms with Crippen molar-refractivity contribution in [2.24, 2.45) is 0 Å². The first-order valence-corrected chi connectivity index (χ1v) is 8.69. The molecule has 1 aromatic heterocycles. The summed E-state index contributed by atoms with van der Waals surface area (Å²) < 4.78 is 16.9. The molecule has 3 aromatic rings. The fourth-order valence-corrected chi connectivity index (χ4v) is 2.62. The average molecular weight is 340 g/mol. The van der Waals surface area contributed by atoms with Crippen LogP contribution in [-0.4, -0.2) is 30.3 Å². The van der Waals surface area contributed by atoms with E-state index < -0.39 is 0 Å². The molecule has 2 aromatic carbocycles. The number of imidazole rings is 1. The fraction of sp³-hybridized carbons (Fsp3) is 0.350. The molecule has 25 heavy (non-hydrogen) atoms. The number of hydrogen-bond donors (Lipinski definition) is 1. The molecule has 0 aliphatic heterocycles. The number of nitrogens with zero attached hydrogens (tertiary/aromatic N) is 1. The van der Waals surface area contributed by atoms with E-state index in [1.165, 1.54) is 0 Å². The summed E-state index contributed by atoms with van der Waals surface area (Å²) in [4.78, 5) is 8.00. The number of nitrogens with one attached hydrogen (secondary N) is 1. The van der Waals surface area contributed by atoms with Crippen molar-refractivity contribution in [3.8, 4) is 28.6 Å². The number of aromatic amines is 1. The Hall–Kier alpha value is -2.69. The minimum absolute atomic E-state index is 0.588. The highest BCUT2D eigenvalue weighted by molar-refractivity contribution is 5.81. The van der Waals surface area contributed by atoms with Crippen LogP contribution in [0.3, 0.4) is 0 Å². The molecule has 3 rings (SSSR count). The predicted octanol–water partition coefficient (Wildman–Crippen LogP) is 4.82. The van der Waals surface area contributed by atoms with Crippen LogP contribution in [-0.2, 0) is 0 Å². The third kappa shape index (κ3) is 3.87. The number of rotatable bonds is 8. The van der Waals surface area contributed by atoms with Gasteiger partial charge in [0.05, 0.1) is 31.4 Å². The van der Waals surface area contributed by atoms with Crippen LogP contribution in [0.15, 0.2) is 36.4 Å². The van der Waals surface area contributed by atoms with Gasteiger partial charge in [0.15, 0.2) is 11.5 Å². The summed E-state index contributed by atoms with van der Waals surface area (Å²) in [6.07, 6.45) is 2.13. The van der Waals surface area contributed by atoms with Gasteiger partial charge >= 0.3 is 0 Å². The summed E-state index contributed by atoms with van der Waals surface area (Å²) in [5.74, 6) is 3.12. The Morgan fingerprint density at radius 2 is 1.88 bits per heavy atom. The third-order valence-corrected chi connectivity index (χ3v) is 3.96. The van der Waals surface area contributed by atoms with Crippen molar-refractivity contribution in [1.82, 2.24) is 9.97 Å². The summed E-state index contributed by atoms with van der Waals surface area (Å²) in [5, 5.41) is 0. The van der Waals surface area contributed by atoms with Gasteiger partial charge in [-0.3, -0.25) is 0 Å². The second kappa shape index (κ2) is 7.92. The van der Waals surface area contributed by atoms with Gasteiger partial charge in [-0.15, -0.1) is 0 Å². The molecule has 0 radical (unpaired) electrons. The van der Waals surface area contributed by atoms with E-state index in [1.807, 2.05) is 43.3 Å². The highest BCUT2D eigenvalue weighted by Gasteiger charge is 2.11. The van der Waals surface area contributed by atoms with Crippen molar-refractivity contribution < 1.29 is 14.2 Å². The minimum Gasteiger partial charge on any atom is -0.497 e. The highest BCUT2D eigenvalue weighted by atomic mass is 16.5. The first-order chi connectivity index (χ1) is 12.2. The minimum atomic E-state index is 0.588. The number of aromatic nitrogens is 2. The molecule has 1 N–H and O–H groups in total. The maximum absolute atomic E-state index is 5.84. The van der Waals surface area contributed by atoms with Crippen LogP contribution in [0, 0.1) is 0 Å². The van der Waals surface area contributed by atoms with Gasteiger partial charge in [0, 0.05) is 11.6 Å².